The summed E-state index contributed by atoms with van der Waals surface area (Å²) >= 11 is 0. The predicted molar refractivity (Wildman–Crippen MR) is 68.9 cm³/mol. The highest BCUT2D eigenvalue weighted by atomic mass is 19.1. The molecule has 0 spiro atoms. The van der Waals surface area contributed by atoms with Crippen LogP contribution in [0.25, 0.3) is 0 Å². The number of benzene rings is 1. The van der Waals surface area contributed by atoms with Crippen LogP contribution in [0.4, 0.5) is 10.1 Å². The normalized spacial score (nSPS) is 13.9. The fourth-order valence-corrected chi connectivity index (χ4v) is 1.60. The summed E-state index contributed by atoms with van der Waals surface area (Å²) < 4.78 is 12.9. The predicted octanol–water partition coefficient (Wildman–Crippen LogP) is 0.806. The van der Waals surface area contributed by atoms with Crippen molar-refractivity contribution in [3.8, 4) is 0 Å². The fraction of sp³-hybridized carbons (Fsp3) is 0.385. The molecule has 1 aromatic rings. The Bertz CT molecular complexity index is 501. The van der Waals surface area contributed by atoms with Crippen molar-refractivity contribution in [3.63, 3.8) is 0 Å². The first kappa shape index (κ1) is 13.3. The second-order valence-electron chi connectivity index (χ2n) is 4.58. The molecule has 0 radical (unpaired) electrons. The lowest BCUT2D eigenvalue weighted by atomic mass is 10.2. The Labute approximate surface area is 110 Å². The van der Waals surface area contributed by atoms with E-state index in [1.54, 1.807) is 0 Å². The third-order valence-electron chi connectivity index (χ3n) is 2.84. The van der Waals surface area contributed by atoms with Gasteiger partial charge < -0.3 is 16.4 Å². The van der Waals surface area contributed by atoms with Gasteiger partial charge in [0, 0.05) is 24.6 Å². The van der Waals surface area contributed by atoms with Crippen molar-refractivity contribution < 1.29 is 14.0 Å². The van der Waals surface area contributed by atoms with Gasteiger partial charge in [-0.1, -0.05) is 0 Å². The molecule has 0 heterocycles. The van der Waals surface area contributed by atoms with Gasteiger partial charge in [-0.25, -0.2) is 4.39 Å². The molecule has 2 amide bonds. The van der Waals surface area contributed by atoms with E-state index in [-0.39, 0.29) is 36.0 Å². The summed E-state index contributed by atoms with van der Waals surface area (Å²) in [6.45, 7) is 0.245. The van der Waals surface area contributed by atoms with Crippen LogP contribution >= 0.6 is 0 Å². The van der Waals surface area contributed by atoms with E-state index in [1.807, 2.05) is 0 Å². The zero-order valence-corrected chi connectivity index (χ0v) is 10.4. The molecule has 5 nitrogen and oxygen atoms in total. The third-order valence-corrected chi connectivity index (χ3v) is 2.84. The number of nitrogen functional groups attached to an aromatic ring is 1. The summed E-state index contributed by atoms with van der Waals surface area (Å²) in [6, 6.07) is 4.09. The molecule has 0 atom stereocenters. The van der Waals surface area contributed by atoms with Crippen molar-refractivity contribution in [1.82, 2.24) is 10.6 Å². The van der Waals surface area contributed by atoms with Crippen LogP contribution in [-0.4, -0.2) is 24.4 Å². The van der Waals surface area contributed by atoms with Gasteiger partial charge in [-0.2, -0.15) is 0 Å². The van der Waals surface area contributed by atoms with Gasteiger partial charge in [0.25, 0.3) is 5.91 Å². The highest BCUT2D eigenvalue weighted by Gasteiger charge is 2.22. The van der Waals surface area contributed by atoms with Gasteiger partial charge in [-0.05, 0) is 31.0 Å². The van der Waals surface area contributed by atoms with Crippen molar-refractivity contribution in [1.29, 1.82) is 0 Å². The Morgan fingerprint density at radius 2 is 2.11 bits per heavy atom. The monoisotopic (exact) mass is 265 g/mol. The van der Waals surface area contributed by atoms with Gasteiger partial charge in [-0.15, -0.1) is 0 Å². The van der Waals surface area contributed by atoms with E-state index in [4.69, 9.17) is 5.73 Å². The number of halogens is 1. The molecule has 0 saturated heterocycles. The van der Waals surface area contributed by atoms with Crippen LogP contribution in [0.3, 0.4) is 0 Å². The Hall–Kier alpha value is -2.11. The number of hydrogen-bond acceptors (Lipinski definition) is 3. The largest absolute Gasteiger partial charge is 0.396 e. The van der Waals surface area contributed by atoms with E-state index >= 15 is 0 Å². The van der Waals surface area contributed by atoms with E-state index in [0.29, 0.717) is 6.04 Å². The van der Waals surface area contributed by atoms with Crippen LogP contribution < -0.4 is 16.4 Å². The number of amides is 2. The molecule has 2 rings (SSSR count). The summed E-state index contributed by atoms with van der Waals surface area (Å²) in [5, 5.41) is 5.42. The minimum Gasteiger partial charge on any atom is -0.396 e. The minimum atomic E-state index is -0.555. The Morgan fingerprint density at radius 3 is 2.74 bits per heavy atom. The summed E-state index contributed by atoms with van der Waals surface area (Å²) in [4.78, 5) is 23.1. The molecule has 4 N–H and O–H groups in total. The standard InChI is InChI=1S/C13H16FN3O2/c14-10-4-1-8(7-11(10)15)13(19)16-6-5-12(18)17-9-2-3-9/h1,4,7,9H,2-3,5-6,15H2,(H,16,19)(H,17,18). The van der Waals surface area contributed by atoms with Crippen molar-refractivity contribution in [3.05, 3.63) is 29.6 Å². The average Bonchev–Trinajstić information content (AvgIpc) is 3.16. The number of nitrogens with one attached hydrogen (secondary N) is 2. The smallest absolute Gasteiger partial charge is 0.251 e. The number of nitrogens with two attached hydrogens (primary N) is 1. The number of rotatable bonds is 5. The first-order chi connectivity index (χ1) is 9.06. The highest BCUT2D eigenvalue weighted by Crippen LogP contribution is 2.18. The first-order valence-electron chi connectivity index (χ1n) is 6.19. The molecule has 1 saturated carbocycles. The lowest BCUT2D eigenvalue weighted by Crippen LogP contribution is -2.31. The average molecular weight is 265 g/mol. The van der Waals surface area contributed by atoms with E-state index in [1.165, 1.54) is 12.1 Å². The maximum absolute atomic E-state index is 12.9. The van der Waals surface area contributed by atoms with Crippen LogP contribution in [0.1, 0.15) is 29.6 Å². The maximum atomic E-state index is 12.9. The van der Waals surface area contributed by atoms with Crippen molar-refractivity contribution in [2.24, 2.45) is 0 Å². The van der Waals surface area contributed by atoms with Crippen LogP contribution in [0, 0.1) is 5.82 Å². The van der Waals surface area contributed by atoms with Gasteiger partial charge in [0.2, 0.25) is 5.91 Å². The van der Waals surface area contributed by atoms with Crippen LogP contribution in [-0.2, 0) is 4.79 Å². The summed E-state index contributed by atoms with van der Waals surface area (Å²) in [6.07, 6.45) is 2.30. The second kappa shape index (κ2) is 5.69. The van der Waals surface area contributed by atoms with Gasteiger partial charge in [0.05, 0.1) is 5.69 Å². The second-order valence-corrected chi connectivity index (χ2v) is 4.58. The number of carbonyl (C=O) groups is 2. The molecule has 102 valence electrons. The van der Waals surface area contributed by atoms with Gasteiger partial charge in [-0.3, -0.25) is 9.59 Å². The summed E-state index contributed by atoms with van der Waals surface area (Å²) in [7, 11) is 0. The van der Waals surface area contributed by atoms with E-state index in [9.17, 15) is 14.0 Å². The molecule has 0 aromatic heterocycles. The van der Waals surface area contributed by atoms with Crippen LogP contribution in [0.15, 0.2) is 18.2 Å². The molecule has 1 aromatic carbocycles. The van der Waals surface area contributed by atoms with Gasteiger partial charge in [0.1, 0.15) is 5.82 Å². The van der Waals surface area contributed by atoms with Crippen LogP contribution in [0.2, 0.25) is 0 Å². The molecular weight excluding hydrogens is 249 g/mol. The zero-order chi connectivity index (χ0) is 13.8. The Balaban J connectivity index is 1.76. The molecule has 1 aliphatic rings. The molecule has 6 heteroatoms. The minimum absolute atomic E-state index is 0.0681. The Kier molecular flexibility index (Phi) is 3.99. The molecule has 0 bridgehead atoms. The summed E-state index contributed by atoms with van der Waals surface area (Å²) in [5.74, 6) is -0.993. The molecule has 0 unspecified atom stereocenters. The summed E-state index contributed by atoms with van der Waals surface area (Å²) in [5.41, 5.74) is 5.59. The van der Waals surface area contributed by atoms with Gasteiger partial charge in [0.15, 0.2) is 0 Å². The van der Waals surface area contributed by atoms with E-state index in [2.05, 4.69) is 10.6 Å². The number of anilines is 1. The van der Waals surface area contributed by atoms with E-state index in [0.717, 1.165) is 18.9 Å². The number of carbonyl (C=O) groups excluding carboxylic acids is 2. The maximum Gasteiger partial charge on any atom is 0.251 e. The van der Waals surface area contributed by atoms with E-state index < -0.39 is 5.82 Å². The SMILES string of the molecule is Nc1cc(C(=O)NCCC(=O)NC2CC2)ccc1F. The van der Waals surface area contributed by atoms with Crippen molar-refractivity contribution in [2.75, 3.05) is 12.3 Å². The molecule has 19 heavy (non-hydrogen) atoms. The Morgan fingerprint density at radius 1 is 1.37 bits per heavy atom. The lowest BCUT2D eigenvalue weighted by molar-refractivity contribution is -0.121. The topological polar surface area (TPSA) is 84.2 Å². The zero-order valence-electron chi connectivity index (χ0n) is 10.4. The highest BCUT2D eigenvalue weighted by molar-refractivity contribution is 5.95. The lowest BCUT2D eigenvalue weighted by Gasteiger charge is -2.06. The molecule has 1 aliphatic carbocycles. The van der Waals surface area contributed by atoms with Gasteiger partial charge >= 0.3 is 0 Å². The molecule has 0 aliphatic heterocycles. The number of hydrogen-bond donors (Lipinski definition) is 3. The van der Waals surface area contributed by atoms with Crippen molar-refractivity contribution >= 4 is 17.5 Å². The van der Waals surface area contributed by atoms with Crippen LogP contribution in [0.5, 0.6) is 0 Å². The first-order valence-corrected chi connectivity index (χ1v) is 6.19. The molecular formula is C13H16FN3O2. The fourth-order valence-electron chi connectivity index (χ4n) is 1.60. The van der Waals surface area contributed by atoms with Crippen molar-refractivity contribution in [2.45, 2.75) is 25.3 Å². The third kappa shape index (κ3) is 3.94. The molecule has 1 fully saturated rings. The quantitative estimate of drug-likeness (QED) is 0.689.